The van der Waals surface area contributed by atoms with E-state index in [1.807, 2.05) is 6.07 Å². The third-order valence-electron chi connectivity index (χ3n) is 5.12. The zero-order chi connectivity index (χ0) is 22.2. The number of anilines is 2. The molecule has 1 saturated carbocycles. The lowest BCUT2D eigenvalue weighted by molar-refractivity contribution is -0.117. The van der Waals surface area contributed by atoms with Gasteiger partial charge in [0.15, 0.2) is 17.2 Å². The van der Waals surface area contributed by atoms with Gasteiger partial charge >= 0.3 is 0 Å². The van der Waals surface area contributed by atoms with Crippen molar-refractivity contribution in [2.45, 2.75) is 12.8 Å². The van der Waals surface area contributed by atoms with Crippen LogP contribution in [0.1, 0.15) is 23.2 Å². The predicted octanol–water partition coefficient (Wildman–Crippen LogP) is 2.13. The van der Waals surface area contributed by atoms with Gasteiger partial charge in [-0.25, -0.2) is 14.5 Å². The molecule has 162 valence electrons. The molecule has 0 aliphatic heterocycles. The number of hydrogen-bond acceptors (Lipinski definition) is 7. The topological polar surface area (TPSA) is 128 Å². The normalized spacial score (nSPS) is 13.2. The quantitative estimate of drug-likeness (QED) is 0.478. The molecule has 0 radical (unpaired) electrons. The van der Waals surface area contributed by atoms with Crippen molar-refractivity contribution in [1.82, 2.24) is 29.4 Å². The van der Waals surface area contributed by atoms with Crippen molar-refractivity contribution in [2.75, 3.05) is 17.7 Å². The largest absolute Gasteiger partial charge is 0.494 e. The predicted molar refractivity (Wildman–Crippen MR) is 115 cm³/mol. The summed E-state index contributed by atoms with van der Waals surface area (Å²) in [6.07, 6.45) is 7.99. The minimum atomic E-state index is -0.397. The fourth-order valence-corrected chi connectivity index (χ4v) is 3.37. The lowest BCUT2D eigenvalue weighted by atomic mass is 10.1. The van der Waals surface area contributed by atoms with Gasteiger partial charge in [0.2, 0.25) is 5.91 Å². The van der Waals surface area contributed by atoms with Gasteiger partial charge in [-0.05, 0) is 25.0 Å². The van der Waals surface area contributed by atoms with E-state index >= 15 is 0 Å². The second-order valence-electron chi connectivity index (χ2n) is 7.51. The van der Waals surface area contributed by atoms with Crippen molar-refractivity contribution in [3.63, 3.8) is 0 Å². The Kier molecular flexibility index (Phi) is 4.77. The number of para-hydroxylation sites is 1. The molecule has 2 N–H and O–H groups in total. The highest BCUT2D eigenvalue weighted by Crippen LogP contribution is 2.35. The maximum absolute atomic E-state index is 13.0. The minimum absolute atomic E-state index is 0.0226. The van der Waals surface area contributed by atoms with Gasteiger partial charge in [0, 0.05) is 13.0 Å². The first-order valence-corrected chi connectivity index (χ1v) is 10.0. The number of carbonyl (C=O) groups is 2. The number of fused-ring (bicyclic) bond motifs is 1. The van der Waals surface area contributed by atoms with Crippen LogP contribution in [0.4, 0.5) is 11.4 Å². The Balaban J connectivity index is 1.40. The first-order chi connectivity index (χ1) is 15.5. The number of benzene rings is 1. The second kappa shape index (κ2) is 7.76. The van der Waals surface area contributed by atoms with Gasteiger partial charge in [0.25, 0.3) is 5.91 Å². The summed E-state index contributed by atoms with van der Waals surface area (Å²) >= 11 is 0. The Morgan fingerprint density at radius 2 is 2.00 bits per heavy atom. The van der Waals surface area contributed by atoms with Crippen LogP contribution in [0.3, 0.4) is 0 Å². The standard InChI is InChI=1S/C21H20N8O3/c1-28-11-23-18(27-28)14-4-3-5-16(17(14)32-2)26-21(31)15-9-24-29-10-13(8-22-19(15)29)25-20(30)12-6-7-12/h3-5,8-12H,6-7H2,1-2H3,(H,25,30)(H,26,31). The van der Waals surface area contributed by atoms with E-state index in [0.29, 0.717) is 34.2 Å². The summed E-state index contributed by atoms with van der Waals surface area (Å²) in [4.78, 5) is 33.5. The number of ether oxygens (including phenoxy) is 1. The van der Waals surface area contributed by atoms with Crippen LogP contribution in [0.15, 0.2) is 43.1 Å². The van der Waals surface area contributed by atoms with Crippen LogP contribution >= 0.6 is 0 Å². The van der Waals surface area contributed by atoms with E-state index in [0.717, 1.165) is 12.8 Å². The molecule has 0 bridgehead atoms. The average Bonchev–Trinajstić information content (AvgIpc) is 3.42. The zero-order valence-electron chi connectivity index (χ0n) is 17.4. The van der Waals surface area contributed by atoms with E-state index < -0.39 is 5.91 Å². The number of methoxy groups -OCH3 is 1. The number of hydrogen-bond donors (Lipinski definition) is 2. The average molecular weight is 432 g/mol. The molecule has 1 aliphatic carbocycles. The fourth-order valence-electron chi connectivity index (χ4n) is 3.37. The molecule has 3 heterocycles. The zero-order valence-corrected chi connectivity index (χ0v) is 17.4. The van der Waals surface area contributed by atoms with E-state index in [1.165, 1.54) is 24.0 Å². The van der Waals surface area contributed by atoms with Crippen molar-refractivity contribution in [3.8, 4) is 17.1 Å². The number of nitrogens with one attached hydrogen (secondary N) is 2. The smallest absolute Gasteiger partial charge is 0.261 e. The number of aryl methyl sites for hydroxylation is 1. The summed E-state index contributed by atoms with van der Waals surface area (Å²) < 4.78 is 8.59. The number of rotatable bonds is 6. The van der Waals surface area contributed by atoms with E-state index in [1.54, 1.807) is 36.4 Å². The number of aromatic nitrogens is 6. The molecule has 0 spiro atoms. The molecule has 5 rings (SSSR count). The van der Waals surface area contributed by atoms with Gasteiger partial charge in [0.1, 0.15) is 11.9 Å². The Bertz CT molecular complexity index is 1340. The van der Waals surface area contributed by atoms with Crippen LogP contribution in [-0.2, 0) is 11.8 Å². The fraction of sp³-hybridized carbons (Fsp3) is 0.238. The van der Waals surface area contributed by atoms with Gasteiger partial charge in [-0.1, -0.05) is 6.07 Å². The summed E-state index contributed by atoms with van der Waals surface area (Å²) in [6.45, 7) is 0. The molecule has 11 nitrogen and oxygen atoms in total. The number of nitrogens with zero attached hydrogens (tertiary/aromatic N) is 6. The van der Waals surface area contributed by atoms with Crippen molar-refractivity contribution >= 4 is 28.8 Å². The summed E-state index contributed by atoms with van der Waals surface area (Å²) in [7, 11) is 3.29. The molecular formula is C21H20N8O3. The Morgan fingerprint density at radius 3 is 2.72 bits per heavy atom. The third-order valence-corrected chi connectivity index (χ3v) is 5.12. The van der Waals surface area contributed by atoms with Crippen molar-refractivity contribution in [1.29, 1.82) is 0 Å². The van der Waals surface area contributed by atoms with E-state index in [2.05, 4.69) is 30.8 Å². The van der Waals surface area contributed by atoms with E-state index in [9.17, 15) is 9.59 Å². The van der Waals surface area contributed by atoms with Crippen LogP contribution in [-0.4, -0.2) is 48.3 Å². The molecule has 3 aromatic heterocycles. The first kappa shape index (κ1) is 19.7. The van der Waals surface area contributed by atoms with Gasteiger partial charge < -0.3 is 15.4 Å². The number of carbonyl (C=O) groups excluding carboxylic acids is 2. The van der Waals surface area contributed by atoms with Crippen LogP contribution in [0.2, 0.25) is 0 Å². The lowest BCUT2D eigenvalue weighted by Crippen LogP contribution is -2.15. The maximum Gasteiger partial charge on any atom is 0.261 e. The van der Waals surface area contributed by atoms with Crippen molar-refractivity contribution in [2.24, 2.45) is 13.0 Å². The van der Waals surface area contributed by atoms with Crippen molar-refractivity contribution < 1.29 is 14.3 Å². The Labute approximate surface area is 182 Å². The molecule has 0 atom stereocenters. The molecule has 0 unspecified atom stereocenters. The van der Waals surface area contributed by atoms with Crippen LogP contribution in [0.5, 0.6) is 5.75 Å². The van der Waals surface area contributed by atoms with Gasteiger partial charge in [-0.15, -0.1) is 0 Å². The van der Waals surface area contributed by atoms with Crippen LogP contribution < -0.4 is 15.4 Å². The highest BCUT2D eigenvalue weighted by Gasteiger charge is 2.29. The summed E-state index contributed by atoms with van der Waals surface area (Å²) in [5.41, 5.74) is 2.30. The highest BCUT2D eigenvalue weighted by molar-refractivity contribution is 6.09. The molecule has 2 amide bonds. The molecule has 1 fully saturated rings. The van der Waals surface area contributed by atoms with Gasteiger partial charge in [0.05, 0.1) is 42.6 Å². The molecule has 0 saturated heterocycles. The van der Waals surface area contributed by atoms with Gasteiger partial charge in [-0.3, -0.25) is 14.3 Å². The first-order valence-electron chi connectivity index (χ1n) is 10.0. The molecule has 32 heavy (non-hydrogen) atoms. The van der Waals surface area contributed by atoms with E-state index in [4.69, 9.17) is 4.74 Å². The number of amides is 2. The Hall–Kier alpha value is -4.28. The van der Waals surface area contributed by atoms with Gasteiger partial charge in [-0.2, -0.15) is 10.2 Å². The molecule has 11 heteroatoms. The maximum atomic E-state index is 13.0. The minimum Gasteiger partial charge on any atom is -0.494 e. The monoisotopic (exact) mass is 432 g/mol. The summed E-state index contributed by atoms with van der Waals surface area (Å²) in [6, 6.07) is 5.33. The lowest BCUT2D eigenvalue weighted by Gasteiger charge is -2.12. The summed E-state index contributed by atoms with van der Waals surface area (Å²) in [5.74, 6) is 0.592. The Morgan fingerprint density at radius 1 is 1.16 bits per heavy atom. The summed E-state index contributed by atoms with van der Waals surface area (Å²) in [5, 5.41) is 14.2. The molecule has 1 aliphatic rings. The van der Waals surface area contributed by atoms with Crippen LogP contribution in [0, 0.1) is 5.92 Å². The van der Waals surface area contributed by atoms with Crippen LogP contribution in [0.25, 0.3) is 17.0 Å². The molecular weight excluding hydrogens is 412 g/mol. The molecule has 4 aromatic rings. The highest BCUT2D eigenvalue weighted by atomic mass is 16.5. The van der Waals surface area contributed by atoms with E-state index in [-0.39, 0.29) is 17.4 Å². The SMILES string of the molecule is COc1c(NC(=O)c2cnn3cc(NC(=O)C4CC4)cnc23)cccc1-c1ncn(C)n1. The third kappa shape index (κ3) is 3.64. The second-order valence-corrected chi connectivity index (χ2v) is 7.51. The van der Waals surface area contributed by atoms with Crippen molar-refractivity contribution in [3.05, 3.63) is 48.7 Å². The molecule has 1 aromatic carbocycles.